The van der Waals surface area contributed by atoms with Crippen LogP contribution in [0, 0.1) is 12.7 Å². The highest BCUT2D eigenvalue weighted by Crippen LogP contribution is 2.24. The first kappa shape index (κ1) is 10.9. The van der Waals surface area contributed by atoms with Gasteiger partial charge >= 0.3 is 0 Å². The van der Waals surface area contributed by atoms with Crippen molar-refractivity contribution in [3.05, 3.63) is 51.0 Å². The van der Waals surface area contributed by atoms with Gasteiger partial charge in [-0.1, -0.05) is 36.4 Å². The minimum absolute atomic E-state index is 0.0956. The lowest BCUT2D eigenvalue weighted by molar-refractivity contribution is 0.633. The second-order valence-corrected chi connectivity index (χ2v) is 3.87. The summed E-state index contributed by atoms with van der Waals surface area (Å²) >= 11 is 5.80. The Labute approximate surface area is 96.4 Å². The fraction of sp³-hybridized carbons (Fsp3) is 0.0833. The Bertz CT molecular complexity index is 645. The monoisotopic (exact) mass is 237 g/mol. The van der Waals surface area contributed by atoms with Crippen LogP contribution in [0.25, 0.3) is 17.0 Å². The van der Waals surface area contributed by atoms with Gasteiger partial charge in [0.05, 0.1) is 5.52 Å². The van der Waals surface area contributed by atoms with E-state index >= 15 is 0 Å². The predicted octanol–water partition coefficient (Wildman–Crippen LogP) is 3.27. The molecule has 4 heteroatoms. The lowest BCUT2D eigenvalue weighted by Crippen LogP contribution is -2.09. The third-order valence-corrected chi connectivity index (χ3v) is 3.02. The van der Waals surface area contributed by atoms with E-state index in [4.69, 9.17) is 11.6 Å². The van der Waals surface area contributed by atoms with Gasteiger partial charge in [-0.05, 0) is 12.5 Å². The quantitative estimate of drug-likeness (QED) is 0.811. The van der Waals surface area contributed by atoms with Crippen molar-refractivity contribution < 1.29 is 4.39 Å². The summed E-state index contributed by atoms with van der Waals surface area (Å²) in [6, 6.07) is 3.32. The Morgan fingerprint density at radius 2 is 2.19 bits per heavy atom. The number of hydrogen-bond donors (Lipinski definition) is 1. The van der Waals surface area contributed by atoms with Gasteiger partial charge in [0.2, 0.25) is 0 Å². The Hall–Kier alpha value is -1.61. The maximum atomic E-state index is 13.9. The third-order valence-electron chi connectivity index (χ3n) is 2.56. The number of rotatable bonds is 1. The van der Waals surface area contributed by atoms with Crippen LogP contribution in [0.4, 0.5) is 4.39 Å². The summed E-state index contributed by atoms with van der Waals surface area (Å²) in [6.07, 6.45) is 1.40. The number of hydrogen-bond acceptors (Lipinski definition) is 1. The van der Waals surface area contributed by atoms with Crippen LogP contribution < -0.4 is 5.56 Å². The normalized spacial score (nSPS) is 10.7. The van der Waals surface area contributed by atoms with E-state index in [1.54, 1.807) is 19.1 Å². The summed E-state index contributed by atoms with van der Waals surface area (Å²) in [6.45, 7) is 5.19. The van der Waals surface area contributed by atoms with E-state index < -0.39 is 11.4 Å². The van der Waals surface area contributed by atoms with Crippen LogP contribution in [0.5, 0.6) is 0 Å². The van der Waals surface area contributed by atoms with Crippen molar-refractivity contribution in [2.75, 3.05) is 0 Å². The topological polar surface area (TPSA) is 32.9 Å². The van der Waals surface area contributed by atoms with Gasteiger partial charge in [0, 0.05) is 10.9 Å². The molecule has 1 heterocycles. The zero-order valence-electron chi connectivity index (χ0n) is 8.60. The first-order valence-electron chi connectivity index (χ1n) is 4.69. The van der Waals surface area contributed by atoms with Gasteiger partial charge in [-0.15, -0.1) is 0 Å². The molecule has 0 radical (unpaired) electrons. The average Bonchev–Trinajstić information content (AvgIpc) is 2.28. The van der Waals surface area contributed by atoms with Gasteiger partial charge in [0.15, 0.2) is 5.82 Å². The number of nitrogens with one attached hydrogen (secondary N) is 1. The number of pyridine rings is 1. The molecule has 1 aromatic heterocycles. The number of halogens is 2. The van der Waals surface area contributed by atoms with Crippen LogP contribution >= 0.6 is 11.6 Å². The first-order valence-corrected chi connectivity index (χ1v) is 5.07. The van der Waals surface area contributed by atoms with Crippen LogP contribution in [0.2, 0.25) is 5.02 Å². The summed E-state index contributed by atoms with van der Waals surface area (Å²) in [5.74, 6) is -0.482. The summed E-state index contributed by atoms with van der Waals surface area (Å²) in [7, 11) is 0. The summed E-state index contributed by atoms with van der Waals surface area (Å²) in [5, 5.41) is 0.700. The summed E-state index contributed by atoms with van der Waals surface area (Å²) in [4.78, 5) is 13.9. The van der Waals surface area contributed by atoms with E-state index in [1.807, 2.05) is 0 Å². The lowest BCUT2D eigenvalue weighted by atomic mass is 10.1. The van der Waals surface area contributed by atoms with E-state index in [9.17, 15) is 9.18 Å². The molecule has 0 atom stereocenters. The standard InChI is InChI=1S/C12H9ClFNO/c1-3-7-4-5-8-6(2)9(13)12(16)15-11(8)10(7)14/h3-5H,1H2,2H3,(H,15,16). The van der Waals surface area contributed by atoms with Crippen molar-refractivity contribution in [1.29, 1.82) is 0 Å². The highest BCUT2D eigenvalue weighted by Gasteiger charge is 2.11. The Balaban J connectivity index is 3.02. The zero-order chi connectivity index (χ0) is 11.9. The number of aryl methyl sites for hydroxylation is 1. The number of fused-ring (bicyclic) bond motifs is 1. The summed E-state index contributed by atoms with van der Waals surface area (Å²) < 4.78 is 13.9. The van der Waals surface area contributed by atoms with Crippen LogP contribution in [0.1, 0.15) is 11.1 Å². The van der Waals surface area contributed by atoms with Gasteiger partial charge in [-0.25, -0.2) is 4.39 Å². The minimum atomic E-state index is -0.482. The second-order valence-electron chi connectivity index (χ2n) is 3.49. The minimum Gasteiger partial charge on any atom is -0.318 e. The molecule has 2 rings (SSSR count). The molecule has 0 aliphatic carbocycles. The molecule has 0 fully saturated rings. The van der Waals surface area contributed by atoms with Gasteiger partial charge in [0.1, 0.15) is 5.02 Å². The van der Waals surface area contributed by atoms with E-state index in [-0.39, 0.29) is 10.5 Å². The van der Waals surface area contributed by atoms with Crippen LogP contribution in [-0.4, -0.2) is 4.98 Å². The first-order chi connectivity index (χ1) is 7.56. The molecule has 0 spiro atoms. The van der Waals surface area contributed by atoms with Crippen molar-refractivity contribution in [3.8, 4) is 0 Å². The molecule has 1 aromatic carbocycles. The molecule has 2 nitrogen and oxygen atoms in total. The lowest BCUT2D eigenvalue weighted by Gasteiger charge is -2.06. The molecule has 0 aliphatic heterocycles. The van der Waals surface area contributed by atoms with Crippen molar-refractivity contribution in [1.82, 2.24) is 4.98 Å². The largest absolute Gasteiger partial charge is 0.318 e. The second kappa shape index (κ2) is 3.76. The maximum absolute atomic E-state index is 13.9. The van der Waals surface area contributed by atoms with Crippen molar-refractivity contribution in [2.24, 2.45) is 0 Å². The number of benzene rings is 1. The van der Waals surface area contributed by atoms with Crippen LogP contribution in [-0.2, 0) is 0 Å². The average molecular weight is 238 g/mol. The number of aromatic nitrogens is 1. The zero-order valence-corrected chi connectivity index (χ0v) is 9.36. The Morgan fingerprint density at radius 3 is 2.81 bits per heavy atom. The highest BCUT2D eigenvalue weighted by atomic mass is 35.5. The van der Waals surface area contributed by atoms with Crippen LogP contribution in [0.3, 0.4) is 0 Å². The van der Waals surface area contributed by atoms with Gasteiger partial charge < -0.3 is 4.98 Å². The van der Waals surface area contributed by atoms with Crippen molar-refractivity contribution in [3.63, 3.8) is 0 Å². The molecule has 0 unspecified atom stereocenters. The van der Waals surface area contributed by atoms with E-state index in [0.29, 0.717) is 16.5 Å². The van der Waals surface area contributed by atoms with Crippen molar-refractivity contribution in [2.45, 2.75) is 6.92 Å². The molecule has 0 aliphatic rings. The molecular formula is C12H9ClFNO. The van der Waals surface area contributed by atoms with E-state index in [0.717, 1.165) is 0 Å². The number of H-pyrrole nitrogens is 1. The molecule has 2 aromatic rings. The van der Waals surface area contributed by atoms with Crippen molar-refractivity contribution >= 4 is 28.6 Å². The molecule has 0 bridgehead atoms. The van der Waals surface area contributed by atoms with E-state index in [2.05, 4.69) is 11.6 Å². The molecule has 0 saturated carbocycles. The molecule has 0 amide bonds. The van der Waals surface area contributed by atoms with Gasteiger partial charge in [-0.3, -0.25) is 4.79 Å². The molecule has 16 heavy (non-hydrogen) atoms. The molecular weight excluding hydrogens is 229 g/mol. The van der Waals surface area contributed by atoms with Gasteiger partial charge in [-0.2, -0.15) is 0 Å². The Kier molecular flexibility index (Phi) is 2.56. The fourth-order valence-electron chi connectivity index (χ4n) is 1.64. The predicted molar refractivity (Wildman–Crippen MR) is 64.4 cm³/mol. The SMILES string of the molecule is C=Cc1ccc2c(C)c(Cl)c(=O)[nH]c2c1F. The van der Waals surface area contributed by atoms with Gasteiger partial charge in [0.25, 0.3) is 5.56 Å². The van der Waals surface area contributed by atoms with Crippen LogP contribution in [0.15, 0.2) is 23.5 Å². The van der Waals surface area contributed by atoms with E-state index in [1.165, 1.54) is 6.08 Å². The molecule has 1 N–H and O–H groups in total. The maximum Gasteiger partial charge on any atom is 0.267 e. The Morgan fingerprint density at radius 1 is 1.50 bits per heavy atom. The smallest absolute Gasteiger partial charge is 0.267 e. The number of aromatic amines is 1. The highest BCUT2D eigenvalue weighted by molar-refractivity contribution is 6.32. The summed E-state index contributed by atoms with van der Waals surface area (Å²) in [5.41, 5.74) is 0.621. The molecule has 82 valence electrons. The fourth-order valence-corrected chi connectivity index (χ4v) is 1.79. The third kappa shape index (κ3) is 1.44. The molecule has 0 saturated heterocycles.